The van der Waals surface area contributed by atoms with E-state index in [0.717, 1.165) is 6.42 Å². The standard InChI is InChI=1S/C8H19N3/c1-5-7-8(6-2)11(9-3)10-4/h6,9-10H,5,7H2,1-4H3. The maximum absolute atomic E-state index is 3.04. The van der Waals surface area contributed by atoms with Gasteiger partial charge in [0.2, 0.25) is 0 Å². The third-order valence-corrected chi connectivity index (χ3v) is 1.57. The molecule has 0 aliphatic rings. The summed E-state index contributed by atoms with van der Waals surface area (Å²) in [6.45, 7) is 4.22. The van der Waals surface area contributed by atoms with Crippen LogP contribution in [0.2, 0.25) is 0 Å². The van der Waals surface area contributed by atoms with Crippen LogP contribution in [-0.4, -0.2) is 19.2 Å². The molecule has 0 saturated carbocycles. The maximum Gasteiger partial charge on any atom is 0.0433 e. The molecule has 0 atom stereocenters. The van der Waals surface area contributed by atoms with Crippen LogP contribution < -0.4 is 10.9 Å². The molecule has 2 N–H and O–H groups in total. The normalized spacial score (nSPS) is 11.8. The second-order valence-corrected chi connectivity index (χ2v) is 2.31. The van der Waals surface area contributed by atoms with E-state index in [1.54, 1.807) is 0 Å². The first-order chi connectivity index (χ1) is 5.29. The van der Waals surface area contributed by atoms with Crippen molar-refractivity contribution >= 4 is 0 Å². The van der Waals surface area contributed by atoms with E-state index in [1.807, 2.05) is 26.1 Å². The Morgan fingerprint density at radius 1 is 1.36 bits per heavy atom. The largest absolute Gasteiger partial charge is 0.247 e. The number of hydrogen-bond acceptors (Lipinski definition) is 3. The van der Waals surface area contributed by atoms with Gasteiger partial charge < -0.3 is 0 Å². The fourth-order valence-corrected chi connectivity index (χ4v) is 1.04. The molecule has 0 unspecified atom stereocenters. The Hall–Kier alpha value is -0.540. The van der Waals surface area contributed by atoms with Crippen molar-refractivity contribution < 1.29 is 0 Å². The van der Waals surface area contributed by atoms with Gasteiger partial charge in [0.15, 0.2) is 0 Å². The van der Waals surface area contributed by atoms with Crippen molar-refractivity contribution in [2.24, 2.45) is 0 Å². The van der Waals surface area contributed by atoms with Gasteiger partial charge in [0.05, 0.1) is 0 Å². The van der Waals surface area contributed by atoms with Gasteiger partial charge in [0.1, 0.15) is 0 Å². The average molecular weight is 157 g/mol. The molecule has 11 heavy (non-hydrogen) atoms. The van der Waals surface area contributed by atoms with Crippen molar-refractivity contribution in [2.75, 3.05) is 14.1 Å². The highest BCUT2D eigenvalue weighted by atomic mass is 15.7. The molecule has 0 spiro atoms. The van der Waals surface area contributed by atoms with Crippen LogP contribution in [0.5, 0.6) is 0 Å². The van der Waals surface area contributed by atoms with Crippen LogP contribution in [0, 0.1) is 0 Å². The summed E-state index contributed by atoms with van der Waals surface area (Å²) < 4.78 is 0. The predicted octanol–water partition coefficient (Wildman–Crippen LogP) is 1.26. The van der Waals surface area contributed by atoms with E-state index in [9.17, 15) is 0 Å². The van der Waals surface area contributed by atoms with Gasteiger partial charge in [0, 0.05) is 19.8 Å². The molecular weight excluding hydrogens is 138 g/mol. The van der Waals surface area contributed by atoms with Crippen molar-refractivity contribution in [1.82, 2.24) is 16.0 Å². The molecule has 0 heterocycles. The number of hydrazine groups is 2. The van der Waals surface area contributed by atoms with Gasteiger partial charge in [0.25, 0.3) is 0 Å². The Balaban J connectivity index is 3.99. The highest BCUT2D eigenvalue weighted by Gasteiger charge is 2.01. The number of allylic oxidation sites excluding steroid dienone is 2. The van der Waals surface area contributed by atoms with Gasteiger partial charge >= 0.3 is 0 Å². The van der Waals surface area contributed by atoms with Gasteiger partial charge in [-0.1, -0.05) is 19.4 Å². The first-order valence-electron chi connectivity index (χ1n) is 4.10. The Labute approximate surface area is 69.4 Å². The highest BCUT2D eigenvalue weighted by Crippen LogP contribution is 2.05. The average Bonchev–Trinajstić information content (AvgIpc) is 2.05. The molecule has 0 bridgehead atoms. The quantitative estimate of drug-likeness (QED) is 0.588. The molecule has 0 rings (SSSR count). The van der Waals surface area contributed by atoms with E-state index in [2.05, 4.69) is 23.9 Å². The predicted molar refractivity (Wildman–Crippen MR) is 48.6 cm³/mol. The van der Waals surface area contributed by atoms with Crippen molar-refractivity contribution in [2.45, 2.75) is 26.7 Å². The number of nitrogens with one attached hydrogen (secondary N) is 2. The molecule has 0 radical (unpaired) electrons. The lowest BCUT2D eigenvalue weighted by atomic mass is 10.2. The SMILES string of the molecule is CC=C(CCC)N(NC)NC. The third kappa shape index (κ3) is 3.39. The molecule has 3 nitrogen and oxygen atoms in total. The van der Waals surface area contributed by atoms with E-state index in [4.69, 9.17) is 0 Å². The zero-order valence-corrected chi connectivity index (χ0v) is 7.94. The van der Waals surface area contributed by atoms with Crippen molar-refractivity contribution in [3.05, 3.63) is 11.8 Å². The minimum atomic E-state index is 1.10. The summed E-state index contributed by atoms with van der Waals surface area (Å²) in [6, 6.07) is 0. The van der Waals surface area contributed by atoms with Crippen molar-refractivity contribution in [1.29, 1.82) is 0 Å². The van der Waals surface area contributed by atoms with Crippen LogP contribution in [0.25, 0.3) is 0 Å². The van der Waals surface area contributed by atoms with Crippen molar-refractivity contribution in [3.8, 4) is 0 Å². The highest BCUT2D eigenvalue weighted by molar-refractivity contribution is 4.96. The molecular formula is C8H19N3. The van der Waals surface area contributed by atoms with Crippen molar-refractivity contribution in [3.63, 3.8) is 0 Å². The van der Waals surface area contributed by atoms with E-state index < -0.39 is 0 Å². The second-order valence-electron chi connectivity index (χ2n) is 2.31. The molecule has 0 aromatic rings. The third-order valence-electron chi connectivity index (χ3n) is 1.57. The molecule has 0 amide bonds. The van der Waals surface area contributed by atoms with E-state index in [-0.39, 0.29) is 0 Å². The van der Waals surface area contributed by atoms with E-state index >= 15 is 0 Å². The van der Waals surface area contributed by atoms with Crippen LogP contribution in [-0.2, 0) is 0 Å². The van der Waals surface area contributed by atoms with Crippen LogP contribution in [0.1, 0.15) is 26.7 Å². The lowest BCUT2D eigenvalue weighted by molar-refractivity contribution is 0.194. The zero-order valence-electron chi connectivity index (χ0n) is 7.94. The Kier molecular flexibility index (Phi) is 5.88. The Morgan fingerprint density at radius 2 is 1.91 bits per heavy atom. The fourth-order valence-electron chi connectivity index (χ4n) is 1.04. The minimum absolute atomic E-state index is 1.10. The number of rotatable bonds is 5. The van der Waals surface area contributed by atoms with E-state index in [0.29, 0.717) is 0 Å². The van der Waals surface area contributed by atoms with Crippen LogP contribution >= 0.6 is 0 Å². The number of hydrogen-bond donors (Lipinski definition) is 2. The summed E-state index contributed by atoms with van der Waals surface area (Å²) in [5.74, 6) is 0. The first-order valence-corrected chi connectivity index (χ1v) is 4.10. The summed E-state index contributed by atoms with van der Waals surface area (Å²) in [7, 11) is 3.80. The lowest BCUT2D eigenvalue weighted by Gasteiger charge is -2.24. The van der Waals surface area contributed by atoms with Crippen LogP contribution in [0.3, 0.4) is 0 Å². The van der Waals surface area contributed by atoms with Gasteiger partial charge in [-0.25, -0.2) is 16.0 Å². The summed E-state index contributed by atoms with van der Waals surface area (Å²) in [5.41, 5.74) is 7.36. The Bertz CT molecular complexity index is 117. The minimum Gasteiger partial charge on any atom is -0.247 e. The molecule has 3 heteroatoms. The summed E-state index contributed by atoms with van der Waals surface area (Å²) in [6.07, 6.45) is 4.37. The smallest absolute Gasteiger partial charge is 0.0433 e. The van der Waals surface area contributed by atoms with Gasteiger partial charge in [-0.2, -0.15) is 0 Å². The van der Waals surface area contributed by atoms with Crippen LogP contribution in [0.15, 0.2) is 11.8 Å². The molecule has 0 aliphatic carbocycles. The lowest BCUT2D eigenvalue weighted by Crippen LogP contribution is -2.43. The molecule has 0 aromatic carbocycles. The van der Waals surface area contributed by atoms with E-state index in [1.165, 1.54) is 12.1 Å². The van der Waals surface area contributed by atoms with Gasteiger partial charge in [-0.3, -0.25) is 0 Å². The number of nitrogens with zero attached hydrogens (tertiary/aromatic N) is 1. The van der Waals surface area contributed by atoms with Crippen LogP contribution in [0.4, 0.5) is 0 Å². The topological polar surface area (TPSA) is 27.3 Å². The van der Waals surface area contributed by atoms with Gasteiger partial charge in [-0.05, 0) is 13.3 Å². The van der Waals surface area contributed by atoms with Gasteiger partial charge in [-0.15, -0.1) is 0 Å². The monoisotopic (exact) mass is 157 g/mol. The molecule has 0 fully saturated rings. The molecule has 0 aromatic heterocycles. The fraction of sp³-hybridized carbons (Fsp3) is 0.750. The molecule has 0 aliphatic heterocycles. The summed E-state index contributed by atoms with van der Waals surface area (Å²) in [4.78, 5) is 0. The molecule has 66 valence electrons. The summed E-state index contributed by atoms with van der Waals surface area (Å²) in [5, 5.41) is 1.92. The summed E-state index contributed by atoms with van der Waals surface area (Å²) >= 11 is 0. The second kappa shape index (κ2) is 6.19. The molecule has 0 saturated heterocycles. The maximum atomic E-state index is 3.04. The zero-order chi connectivity index (χ0) is 8.69. The Morgan fingerprint density at radius 3 is 2.18 bits per heavy atom. The first kappa shape index (κ1) is 10.5.